The normalized spacial score (nSPS) is 14.5. The first kappa shape index (κ1) is 87.1. The maximum Gasteiger partial charge on any atom is 0.472 e. The summed E-state index contributed by atoms with van der Waals surface area (Å²) in [6.07, 6.45) is 44.3. The Labute approximate surface area is 543 Å². The van der Waals surface area contributed by atoms with Crippen molar-refractivity contribution in [3.63, 3.8) is 0 Å². The predicted octanol–water partition coefficient (Wildman–Crippen LogP) is 19.8. The van der Waals surface area contributed by atoms with E-state index < -0.39 is 97.5 Å². The first-order valence-corrected chi connectivity index (χ1v) is 39.4. The fraction of sp³-hybridized carbons (Fsp3) is 0.943. The number of ether oxygens (including phenoxy) is 4. The highest BCUT2D eigenvalue weighted by molar-refractivity contribution is 7.47. The molecular formula is C70H136O17P2. The summed E-state index contributed by atoms with van der Waals surface area (Å²) in [5.41, 5.74) is 0. The van der Waals surface area contributed by atoms with Gasteiger partial charge >= 0.3 is 39.5 Å². The molecule has 0 bridgehead atoms. The maximum atomic E-state index is 13.0. The average Bonchev–Trinajstić information content (AvgIpc) is 3.60. The quantitative estimate of drug-likeness (QED) is 0.0222. The van der Waals surface area contributed by atoms with E-state index in [1.807, 2.05) is 0 Å². The molecule has 6 atom stereocenters. The van der Waals surface area contributed by atoms with Crippen molar-refractivity contribution in [1.29, 1.82) is 0 Å². The third kappa shape index (κ3) is 63.2. The summed E-state index contributed by atoms with van der Waals surface area (Å²) in [5, 5.41) is 10.6. The van der Waals surface area contributed by atoms with Crippen molar-refractivity contribution in [3.8, 4) is 0 Å². The Hall–Kier alpha value is -1.94. The minimum atomic E-state index is -4.95. The molecule has 19 heteroatoms. The van der Waals surface area contributed by atoms with Gasteiger partial charge < -0.3 is 33.8 Å². The number of phosphoric ester groups is 2. The van der Waals surface area contributed by atoms with Gasteiger partial charge in [-0.05, 0) is 43.4 Å². The number of aliphatic hydroxyl groups excluding tert-OH is 1. The second kappa shape index (κ2) is 61.0. The van der Waals surface area contributed by atoms with E-state index in [9.17, 15) is 43.2 Å². The van der Waals surface area contributed by atoms with Crippen LogP contribution >= 0.6 is 15.6 Å². The Morgan fingerprint density at radius 1 is 0.326 bits per heavy atom. The molecule has 0 aliphatic heterocycles. The van der Waals surface area contributed by atoms with Crippen molar-refractivity contribution < 1.29 is 80.2 Å². The van der Waals surface area contributed by atoms with Gasteiger partial charge in [0.2, 0.25) is 0 Å². The lowest BCUT2D eigenvalue weighted by atomic mass is 9.99. The van der Waals surface area contributed by atoms with Crippen LogP contribution in [0.1, 0.15) is 350 Å². The van der Waals surface area contributed by atoms with Crippen molar-refractivity contribution in [1.82, 2.24) is 0 Å². The van der Waals surface area contributed by atoms with Crippen LogP contribution in [0.5, 0.6) is 0 Å². The number of carbonyl (C=O) groups is 4. The maximum absolute atomic E-state index is 13.0. The zero-order chi connectivity index (χ0) is 65.9. The standard InChI is InChI=1S/C70H136O17P2/c1-8-10-11-12-13-14-22-30-37-44-51-67(72)80-58-66(87-70(75)54-47-40-33-26-25-29-36-43-50-63(7)9-2)60-85-89(78,79)83-56-64(71)55-82-88(76,77)84-59-65(57-81-68(73)52-45-38-31-24-19-21-28-35-42-49-62(5)6)86-69(74)53-46-39-32-23-18-16-15-17-20-27-34-41-48-61(3)4/h61-66,71H,8-60H2,1-7H3,(H,76,77)(H,78,79)/t63?,64-,65-,66-/m1/s1. The van der Waals surface area contributed by atoms with E-state index in [0.29, 0.717) is 25.7 Å². The average molecular weight is 1310 g/mol. The van der Waals surface area contributed by atoms with Gasteiger partial charge in [0, 0.05) is 25.7 Å². The third-order valence-corrected chi connectivity index (χ3v) is 18.4. The molecule has 17 nitrogen and oxygen atoms in total. The second-order valence-electron chi connectivity index (χ2n) is 26.5. The number of aliphatic hydroxyl groups is 1. The van der Waals surface area contributed by atoms with Gasteiger partial charge in [-0.3, -0.25) is 37.3 Å². The molecule has 0 saturated carbocycles. The summed E-state index contributed by atoms with van der Waals surface area (Å²) < 4.78 is 68.3. The lowest BCUT2D eigenvalue weighted by Gasteiger charge is -2.21. The van der Waals surface area contributed by atoms with Crippen LogP contribution in [0, 0.1) is 17.8 Å². The molecule has 0 aromatic carbocycles. The molecule has 3 unspecified atom stereocenters. The Bertz CT molecular complexity index is 1750. The van der Waals surface area contributed by atoms with Crippen molar-refractivity contribution in [2.45, 2.75) is 369 Å². The third-order valence-electron chi connectivity index (χ3n) is 16.5. The number of rotatable bonds is 68. The highest BCUT2D eigenvalue weighted by Gasteiger charge is 2.30. The number of esters is 4. The molecule has 3 N–H and O–H groups in total. The first-order valence-electron chi connectivity index (χ1n) is 36.4. The highest BCUT2D eigenvalue weighted by Crippen LogP contribution is 2.45. The Morgan fingerprint density at radius 3 is 0.854 bits per heavy atom. The lowest BCUT2D eigenvalue weighted by molar-refractivity contribution is -0.161. The number of phosphoric acid groups is 2. The van der Waals surface area contributed by atoms with Gasteiger partial charge in [0.1, 0.15) is 19.3 Å². The SMILES string of the molecule is CCCCCCCCCCCCC(=O)OC[C@H](COP(=O)(O)OC[C@H](O)COP(=O)(O)OC[C@@H](COC(=O)CCCCCCCCCCCC(C)C)OC(=O)CCCCCCCCCCCCCCC(C)C)OC(=O)CCCCCCCCCCC(C)CC. The molecule has 89 heavy (non-hydrogen) atoms. The summed E-state index contributed by atoms with van der Waals surface area (Å²) in [6.45, 7) is 11.8. The zero-order valence-electron chi connectivity index (χ0n) is 57.9. The zero-order valence-corrected chi connectivity index (χ0v) is 59.7. The van der Waals surface area contributed by atoms with E-state index in [0.717, 1.165) is 108 Å². The number of carbonyl (C=O) groups excluding carboxylic acids is 4. The van der Waals surface area contributed by atoms with Gasteiger partial charge in [-0.1, -0.05) is 299 Å². The number of hydrogen-bond acceptors (Lipinski definition) is 15. The molecule has 0 fully saturated rings. The molecule has 0 aromatic rings. The minimum Gasteiger partial charge on any atom is -0.462 e. The van der Waals surface area contributed by atoms with E-state index in [2.05, 4.69) is 48.5 Å². The van der Waals surface area contributed by atoms with Crippen LogP contribution < -0.4 is 0 Å². The Kier molecular flexibility index (Phi) is 59.6. The monoisotopic (exact) mass is 1310 g/mol. The van der Waals surface area contributed by atoms with E-state index >= 15 is 0 Å². The number of hydrogen-bond donors (Lipinski definition) is 3. The topological polar surface area (TPSA) is 237 Å². The van der Waals surface area contributed by atoms with Gasteiger partial charge in [-0.15, -0.1) is 0 Å². The summed E-state index contributed by atoms with van der Waals surface area (Å²) >= 11 is 0. The largest absolute Gasteiger partial charge is 0.472 e. The fourth-order valence-corrected chi connectivity index (χ4v) is 12.1. The van der Waals surface area contributed by atoms with Gasteiger partial charge in [0.15, 0.2) is 12.2 Å². The molecule has 0 aromatic heterocycles. The van der Waals surface area contributed by atoms with Gasteiger partial charge in [0.25, 0.3) is 0 Å². The number of unbranched alkanes of at least 4 members (excludes halogenated alkanes) is 35. The fourth-order valence-electron chi connectivity index (χ4n) is 10.5. The molecule has 0 radical (unpaired) electrons. The first-order chi connectivity index (χ1) is 42.8. The summed E-state index contributed by atoms with van der Waals surface area (Å²) in [6, 6.07) is 0. The second-order valence-corrected chi connectivity index (χ2v) is 29.4. The summed E-state index contributed by atoms with van der Waals surface area (Å²) in [7, 11) is -9.90. The predicted molar refractivity (Wildman–Crippen MR) is 358 cm³/mol. The minimum absolute atomic E-state index is 0.105. The molecule has 0 rings (SSSR count). The Balaban J connectivity index is 5.26. The van der Waals surface area contributed by atoms with Crippen LogP contribution in [-0.4, -0.2) is 96.7 Å². The van der Waals surface area contributed by atoms with Crippen LogP contribution in [0.2, 0.25) is 0 Å². The highest BCUT2D eigenvalue weighted by atomic mass is 31.2. The molecule has 0 amide bonds. The molecule has 0 spiro atoms. The van der Waals surface area contributed by atoms with Crippen LogP contribution in [-0.2, 0) is 65.4 Å². The molecule has 0 aliphatic rings. The molecule has 0 heterocycles. The van der Waals surface area contributed by atoms with Gasteiger partial charge in [0.05, 0.1) is 26.4 Å². The molecular weight excluding hydrogens is 1170 g/mol. The van der Waals surface area contributed by atoms with Crippen LogP contribution in [0.4, 0.5) is 0 Å². The van der Waals surface area contributed by atoms with E-state index in [4.69, 9.17) is 37.0 Å². The van der Waals surface area contributed by atoms with Crippen molar-refractivity contribution in [2.75, 3.05) is 39.6 Å². The Morgan fingerprint density at radius 2 is 0.573 bits per heavy atom. The van der Waals surface area contributed by atoms with Gasteiger partial charge in [-0.25, -0.2) is 9.13 Å². The van der Waals surface area contributed by atoms with E-state index in [-0.39, 0.29) is 25.7 Å². The van der Waals surface area contributed by atoms with E-state index in [1.165, 1.54) is 161 Å². The van der Waals surface area contributed by atoms with Crippen LogP contribution in [0.3, 0.4) is 0 Å². The molecule has 528 valence electrons. The van der Waals surface area contributed by atoms with Crippen molar-refractivity contribution in [2.24, 2.45) is 17.8 Å². The van der Waals surface area contributed by atoms with Crippen molar-refractivity contribution >= 4 is 39.5 Å². The molecule has 0 saturated heterocycles. The van der Waals surface area contributed by atoms with Crippen LogP contribution in [0.15, 0.2) is 0 Å². The molecule has 0 aliphatic carbocycles. The van der Waals surface area contributed by atoms with E-state index in [1.54, 1.807) is 0 Å². The summed E-state index contributed by atoms with van der Waals surface area (Å²) in [4.78, 5) is 72.5. The van der Waals surface area contributed by atoms with Crippen LogP contribution in [0.25, 0.3) is 0 Å². The summed E-state index contributed by atoms with van der Waals surface area (Å²) in [5.74, 6) is 0.163. The lowest BCUT2D eigenvalue weighted by Crippen LogP contribution is -2.30. The van der Waals surface area contributed by atoms with Gasteiger partial charge in [-0.2, -0.15) is 0 Å². The van der Waals surface area contributed by atoms with Crippen molar-refractivity contribution in [3.05, 3.63) is 0 Å². The smallest absolute Gasteiger partial charge is 0.462 e.